The van der Waals surface area contributed by atoms with E-state index >= 15 is 0 Å². The summed E-state index contributed by atoms with van der Waals surface area (Å²) in [7, 11) is 0. The third-order valence-corrected chi connectivity index (χ3v) is 4.08. The highest BCUT2D eigenvalue weighted by molar-refractivity contribution is 5.82. The molecule has 2 atom stereocenters. The van der Waals surface area contributed by atoms with Gasteiger partial charge in [-0.25, -0.2) is 0 Å². The molecule has 1 aromatic carbocycles. The molecule has 3 rings (SSSR count). The molecule has 18 heavy (non-hydrogen) atoms. The van der Waals surface area contributed by atoms with Crippen LogP contribution in [0.3, 0.4) is 0 Å². The molecule has 0 saturated heterocycles. The number of hydrogen-bond donors (Lipinski definition) is 1. The van der Waals surface area contributed by atoms with Gasteiger partial charge in [0.1, 0.15) is 0 Å². The number of pyridine rings is 1. The van der Waals surface area contributed by atoms with Crippen LogP contribution in [-0.2, 0) is 0 Å². The Bertz CT molecular complexity index is 530. The third kappa shape index (κ3) is 2.25. The first-order valence-corrected chi connectivity index (χ1v) is 6.94. The first kappa shape index (κ1) is 11.7. The fourth-order valence-corrected chi connectivity index (χ4v) is 3.16. The Morgan fingerprint density at radius 1 is 1.06 bits per heavy atom. The number of benzene rings is 1. The Morgan fingerprint density at radius 2 is 1.94 bits per heavy atom. The van der Waals surface area contributed by atoms with Crippen LogP contribution >= 0.6 is 0 Å². The van der Waals surface area contributed by atoms with Gasteiger partial charge in [-0.15, -0.1) is 0 Å². The molecule has 0 aliphatic heterocycles. The molecule has 1 heterocycles. The van der Waals surface area contributed by atoms with Crippen LogP contribution in [0.1, 0.15) is 43.6 Å². The van der Waals surface area contributed by atoms with Crippen LogP contribution in [0, 0.1) is 0 Å². The molecule has 94 valence electrons. The second-order valence-corrected chi connectivity index (χ2v) is 5.39. The first-order chi connectivity index (χ1) is 8.84. The Labute approximate surface area is 108 Å². The Kier molecular flexibility index (Phi) is 3.28. The summed E-state index contributed by atoms with van der Waals surface area (Å²) in [6.07, 6.45) is 8.01. The zero-order valence-electron chi connectivity index (χ0n) is 10.7. The zero-order chi connectivity index (χ0) is 12.4. The monoisotopic (exact) mass is 240 g/mol. The standard InChI is InChI=1S/C16H20N2/c17-13-6-2-1-5-12(11-13)14-7-3-9-16-15(14)8-4-10-18-16/h3-4,7-10,12-13H,1-2,5-6,11,17H2. The molecule has 2 heteroatoms. The summed E-state index contributed by atoms with van der Waals surface area (Å²) in [5.41, 5.74) is 8.74. The number of nitrogens with two attached hydrogens (primary N) is 1. The minimum absolute atomic E-state index is 0.365. The molecule has 1 aliphatic carbocycles. The van der Waals surface area contributed by atoms with Crippen molar-refractivity contribution >= 4 is 10.9 Å². The van der Waals surface area contributed by atoms with Gasteiger partial charge in [-0.3, -0.25) is 4.98 Å². The Hall–Kier alpha value is -1.41. The highest BCUT2D eigenvalue weighted by Gasteiger charge is 2.20. The fraction of sp³-hybridized carbons (Fsp3) is 0.438. The van der Waals surface area contributed by atoms with Gasteiger partial charge in [0.2, 0.25) is 0 Å². The van der Waals surface area contributed by atoms with E-state index in [0.717, 1.165) is 11.9 Å². The van der Waals surface area contributed by atoms with Crippen molar-refractivity contribution in [2.75, 3.05) is 0 Å². The lowest BCUT2D eigenvalue weighted by Gasteiger charge is -2.19. The van der Waals surface area contributed by atoms with Crippen molar-refractivity contribution in [3.05, 3.63) is 42.1 Å². The molecule has 1 saturated carbocycles. The summed E-state index contributed by atoms with van der Waals surface area (Å²) in [5, 5.41) is 1.30. The van der Waals surface area contributed by atoms with Crippen molar-refractivity contribution in [1.29, 1.82) is 0 Å². The van der Waals surface area contributed by atoms with Crippen molar-refractivity contribution in [1.82, 2.24) is 4.98 Å². The van der Waals surface area contributed by atoms with E-state index in [1.54, 1.807) is 0 Å². The van der Waals surface area contributed by atoms with Crippen LogP contribution in [0.4, 0.5) is 0 Å². The van der Waals surface area contributed by atoms with Crippen LogP contribution in [0.15, 0.2) is 36.5 Å². The molecule has 2 nitrogen and oxygen atoms in total. The minimum atomic E-state index is 0.365. The lowest BCUT2D eigenvalue weighted by molar-refractivity contribution is 0.537. The Balaban J connectivity index is 2.02. The van der Waals surface area contributed by atoms with Gasteiger partial charge in [0.15, 0.2) is 0 Å². The van der Waals surface area contributed by atoms with Crippen LogP contribution in [-0.4, -0.2) is 11.0 Å². The number of hydrogen-bond acceptors (Lipinski definition) is 2. The van der Waals surface area contributed by atoms with E-state index in [0.29, 0.717) is 12.0 Å². The number of rotatable bonds is 1. The molecule has 2 aromatic rings. The average molecular weight is 240 g/mol. The van der Waals surface area contributed by atoms with Crippen molar-refractivity contribution in [2.24, 2.45) is 5.73 Å². The van der Waals surface area contributed by atoms with Gasteiger partial charge in [0.25, 0.3) is 0 Å². The highest BCUT2D eigenvalue weighted by atomic mass is 14.6. The third-order valence-electron chi connectivity index (χ3n) is 4.08. The van der Waals surface area contributed by atoms with E-state index in [9.17, 15) is 0 Å². The smallest absolute Gasteiger partial charge is 0.0704 e. The van der Waals surface area contributed by atoms with Crippen molar-refractivity contribution in [2.45, 2.75) is 44.1 Å². The molecule has 2 unspecified atom stereocenters. The molecular weight excluding hydrogens is 220 g/mol. The van der Waals surface area contributed by atoms with E-state index in [-0.39, 0.29) is 0 Å². The minimum Gasteiger partial charge on any atom is -0.328 e. The summed E-state index contributed by atoms with van der Waals surface area (Å²) in [6.45, 7) is 0. The van der Waals surface area contributed by atoms with Crippen LogP contribution in [0.25, 0.3) is 10.9 Å². The molecule has 0 radical (unpaired) electrons. The van der Waals surface area contributed by atoms with Crippen molar-refractivity contribution < 1.29 is 0 Å². The summed E-state index contributed by atoms with van der Waals surface area (Å²) >= 11 is 0. The number of aromatic nitrogens is 1. The molecule has 1 aliphatic rings. The molecule has 2 N–H and O–H groups in total. The van der Waals surface area contributed by atoms with Gasteiger partial charge < -0.3 is 5.73 Å². The SMILES string of the molecule is NC1CCCCC(c2cccc3ncccc23)C1. The summed E-state index contributed by atoms with van der Waals surface area (Å²) in [6, 6.07) is 11.1. The maximum Gasteiger partial charge on any atom is 0.0704 e. The van der Waals surface area contributed by atoms with Crippen LogP contribution in [0.2, 0.25) is 0 Å². The predicted molar refractivity (Wildman–Crippen MR) is 75.5 cm³/mol. The van der Waals surface area contributed by atoms with Gasteiger partial charge in [-0.1, -0.05) is 31.0 Å². The lowest BCUT2D eigenvalue weighted by Crippen LogP contribution is -2.20. The molecular formula is C16H20N2. The molecule has 0 spiro atoms. The predicted octanol–water partition coefficient (Wildman–Crippen LogP) is 3.61. The summed E-state index contributed by atoms with van der Waals surface area (Å²) < 4.78 is 0. The second-order valence-electron chi connectivity index (χ2n) is 5.39. The second kappa shape index (κ2) is 5.07. The van der Waals surface area contributed by atoms with Gasteiger partial charge in [-0.2, -0.15) is 0 Å². The lowest BCUT2D eigenvalue weighted by atomic mass is 9.88. The van der Waals surface area contributed by atoms with Crippen LogP contribution in [0.5, 0.6) is 0 Å². The quantitative estimate of drug-likeness (QED) is 0.773. The van der Waals surface area contributed by atoms with E-state index in [1.165, 1.54) is 36.6 Å². The van der Waals surface area contributed by atoms with Gasteiger partial charge in [-0.05, 0) is 42.9 Å². The van der Waals surface area contributed by atoms with Gasteiger partial charge >= 0.3 is 0 Å². The molecule has 1 fully saturated rings. The molecule has 0 bridgehead atoms. The maximum absolute atomic E-state index is 6.19. The average Bonchev–Trinajstić information content (AvgIpc) is 2.63. The maximum atomic E-state index is 6.19. The van der Waals surface area contributed by atoms with Gasteiger partial charge in [0.05, 0.1) is 5.52 Å². The van der Waals surface area contributed by atoms with Crippen molar-refractivity contribution in [3.63, 3.8) is 0 Å². The van der Waals surface area contributed by atoms with E-state index in [4.69, 9.17) is 5.73 Å². The molecule has 0 amide bonds. The largest absolute Gasteiger partial charge is 0.328 e. The first-order valence-electron chi connectivity index (χ1n) is 6.94. The van der Waals surface area contributed by atoms with E-state index in [1.807, 2.05) is 12.3 Å². The van der Waals surface area contributed by atoms with Crippen molar-refractivity contribution in [3.8, 4) is 0 Å². The highest BCUT2D eigenvalue weighted by Crippen LogP contribution is 2.34. The van der Waals surface area contributed by atoms with Gasteiger partial charge in [0, 0.05) is 17.6 Å². The van der Waals surface area contributed by atoms with E-state index in [2.05, 4.69) is 29.2 Å². The Morgan fingerprint density at radius 3 is 2.89 bits per heavy atom. The fourth-order valence-electron chi connectivity index (χ4n) is 3.16. The summed E-state index contributed by atoms with van der Waals surface area (Å²) in [4.78, 5) is 4.45. The van der Waals surface area contributed by atoms with Crippen LogP contribution < -0.4 is 5.73 Å². The normalized spacial score (nSPS) is 24.9. The molecule has 1 aromatic heterocycles. The topological polar surface area (TPSA) is 38.9 Å². The number of fused-ring (bicyclic) bond motifs is 1. The number of nitrogens with zero attached hydrogens (tertiary/aromatic N) is 1. The zero-order valence-corrected chi connectivity index (χ0v) is 10.7. The summed E-state index contributed by atoms with van der Waals surface area (Å²) in [5.74, 6) is 0.607. The van der Waals surface area contributed by atoms with E-state index < -0.39 is 0 Å².